The lowest BCUT2D eigenvalue weighted by atomic mass is 9.80. The van der Waals surface area contributed by atoms with Crippen molar-refractivity contribution in [3.63, 3.8) is 0 Å². The molecule has 3 nitrogen and oxygen atoms in total. The summed E-state index contributed by atoms with van der Waals surface area (Å²) in [6.07, 6.45) is 0.998. The Bertz CT molecular complexity index is 1120. The van der Waals surface area contributed by atoms with Crippen LogP contribution < -0.4 is 10.6 Å². The van der Waals surface area contributed by atoms with Crippen LogP contribution in [0.5, 0.6) is 0 Å². The Balaban J connectivity index is 1.66. The van der Waals surface area contributed by atoms with Gasteiger partial charge in [-0.25, -0.2) is 8.78 Å². The number of anilines is 2. The van der Waals surface area contributed by atoms with E-state index < -0.39 is 17.7 Å². The first-order valence-corrected chi connectivity index (χ1v) is 10.4. The predicted octanol–water partition coefficient (Wildman–Crippen LogP) is 6.01. The lowest BCUT2D eigenvalue weighted by Gasteiger charge is -2.29. The molecule has 146 valence electrons. The molecule has 0 unspecified atom stereocenters. The number of thiophene rings is 1. The summed E-state index contributed by atoms with van der Waals surface area (Å²) in [5, 5.41) is 8.69. The van der Waals surface area contributed by atoms with E-state index in [1.165, 1.54) is 6.07 Å². The molecule has 0 spiro atoms. The second kappa shape index (κ2) is 7.12. The molecule has 1 aliphatic heterocycles. The van der Waals surface area contributed by atoms with Crippen LogP contribution in [-0.4, -0.2) is 5.78 Å². The number of carbonyl (C=O) groups is 1. The number of allylic oxidation sites excluding steroid dienone is 1. The van der Waals surface area contributed by atoms with Gasteiger partial charge in [-0.1, -0.05) is 18.2 Å². The molecule has 29 heavy (non-hydrogen) atoms. The Hall–Kier alpha value is -2.99. The largest absolute Gasteiger partial charge is 0.372 e. The van der Waals surface area contributed by atoms with E-state index >= 15 is 0 Å². The third-order valence-corrected chi connectivity index (χ3v) is 6.56. The third kappa shape index (κ3) is 3.23. The zero-order chi connectivity index (χ0) is 20.0. The number of Topliss-reactive ketones (excluding diaryl/α,β-unsaturated/α-hetero) is 1. The van der Waals surface area contributed by atoms with Crippen LogP contribution in [-0.2, 0) is 4.79 Å². The number of rotatable bonds is 2. The molecule has 0 saturated heterocycles. The van der Waals surface area contributed by atoms with E-state index in [2.05, 4.69) is 10.6 Å². The minimum atomic E-state index is -0.756. The van der Waals surface area contributed by atoms with Gasteiger partial charge in [0.05, 0.1) is 17.4 Å². The topological polar surface area (TPSA) is 41.1 Å². The summed E-state index contributed by atoms with van der Waals surface area (Å²) in [7, 11) is 0. The van der Waals surface area contributed by atoms with Crippen molar-refractivity contribution in [3.05, 3.63) is 93.3 Å². The molecule has 0 amide bonds. The molecule has 6 heteroatoms. The highest BCUT2D eigenvalue weighted by atomic mass is 32.1. The predicted molar refractivity (Wildman–Crippen MR) is 111 cm³/mol. The van der Waals surface area contributed by atoms with Crippen LogP contribution in [0.3, 0.4) is 0 Å². The maximum Gasteiger partial charge on any atom is 0.163 e. The van der Waals surface area contributed by atoms with Crippen molar-refractivity contribution in [2.45, 2.75) is 24.8 Å². The van der Waals surface area contributed by atoms with Crippen LogP contribution in [0.1, 0.15) is 35.2 Å². The van der Waals surface area contributed by atoms with Crippen molar-refractivity contribution in [2.24, 2.45) is 0 Å². The van der Waals surface area contributed by atoms with Gasteiger partial charge in [0.2, 0.25) is 0 Å². The van der Waals surface area contributed by atoms with Gasteiger partial charge in [-0.05, 0) is 48.2 Å². The Labute approximate surface area is 171 Å². The lowest BCUT2D eigenvalue weighted by molar-refractivity contribution is -0.116. The monoisotopic (exact) mass is 408 g/mol. The maximum atomic E-state index is 14.7. The molecule has 1 aliphatic carbocycles. The lowest BCUT2D eigenvalue weighted by Crippen LogP contribution is -2.27. The molecule has 2 atom stereocenters. The van der Waals surface area contributed by atoms with Crippen LogP contribution >= 0.6 is 11.3 Å². The minimum Gasteiger partial charge on any atom is -0.372 e. The van der Waals surface area contributed by atoms with E-state index in [0.717, 1.165) is 34.1 Å². The van der Waals surface area contributed by atoms with Crippen LogP contribution in [0.15, 0.2) is 71.2 Å². The van der Waals surface area contributed by atoms with Crippen LogP contribution in [0.2, 0.25) is 0 Å². The van der Waals surface area contributed by atoms with Crippen molar-refractivity contribution < 1.29 is 13.6 Å². The highest BCUT2D eigenvalue weighted by Crippen LogP contribution is 2.45. The summed E-state index contributed by atoms with van der Waals surface area (Å²) >= 11 is 1.64. The molecule has 2 heterocycles. The molecule has 2 aliphatic rings. The van der Waals surface area contributed by atoms with Gasteiger partial charge in [0, 0.05) is 34.0 Å². The van der Waals surface area contributed by atoms with Gasteiger partial charge in [-0.2, -0.15) is 0 Å². The fourth-order valence-electron chi connectivity index (χ4n) is 4.19. The summed E-state index contributed by atoms with van der Waals surface area (Å²) in [4.78, 5) is 14.4. The van der Waals surface area contributed by atoms with Crippen molar-refractivity contribution in [1.29, 1.82) is 0 Å². The number of benzene rings is 2. The van der Waals surface area contributed by atoms with Gasteiger partial charge in [0.1, 0.15) is 11.6 Å². The maximum absolute atomic E-state index is 14.7. The Morgan fingerprint density at radius 2 is 1.79 bits per heavy atom. The summed E-state index contributed by atoms with van der Waals surface area (Å²) in [5.74, 6) is -1.04. The first kappa shape index (κ1) is 18.1. The second-order valence-corrected chi connectivity index (χ2v) is 8.33. The van der Waals surface area contributed by atoms with Gasteiger partial charge in [0.15, 0.2) is 5.78 Å². The van der Waals surface area contributed by atoms with Gasteiger partial charge >= 0.3 is 0 Å². The van der Waals surface area contributed by atoms with E-state index in [-0.39, 0.29) is 17.3 Å². The number of ketones is 1. The molecule has 0 fully saturated rings. The molecule has 2 N–H and O–H groups in total. The standard InChI is InChI=1S/C23H18F2N2OS/c24-14-7-8-16(25)15(12-14)23-22-19(26-17-4-1-2-5-18(17)27-23)10-13(11-20(22)28)21-6-3-9-29-21/h1-9,12-13,23,26-27H,10-11H2/t13-,23-/m0/s1. The Morgan fingerprint density at radius 3 is 2.59 bits per heavy atom. The number of fused-ring (bicyclic) bond motifs is 1. The average molecular weight is 408 g/mol. The van der Waals surface area contributed by atoms with Crippen molar-refractivity contribution >= 4 is 28.5 Å². The van der Waals surface area contributed by atoms with E-state index in [1.807, 2.05) is 41.8 Å². The number of para-hydroxylation sites is 2. The minimum absolute atomic E-state index is 0.0499. The van der Waals surface area contributed by atoms with Gasteiger partial charge in [-0.15, -0.1) is 11.3 Å². The molecule has 5 rings (SSSR count). The molecular weight excluding hydrogens is 390 g/mol. The van der Waals surface area contributed by atoms with E-state index in [0.29, 0.717) is 18.4 Å². The van der Waals surface area contributed by atoms with Crippen molar-refractivity contribution in [1.82, 2.24) is 0 Å². The molecular formula is C23H18F2N2OS. The molecule has 0 radical (unpaired) electrons. The highest BCUT2D eigenvalue weighted by molar-refractivity contribution is 7.10. The second-order valence-electron chi connectivity index (χ2n) is 7.35. The Kier molecular flexibility index (Phi) is 4.43. The quantitative estimate of drug-likeness (QED) is 0.546. The number of nitrogens with one attached hydrogen (secondary N) is 2. The van der Waals surface area contributed by atoms with Crippen LogP contribution in [0.4, 0.5) is 20.2 Å². The summed E-state index contributed by atoms with van der Waals surface area (Å²) in [6, 6.07) is 14.2. The normalized spacial score (nSPS) is 21.0. The Morgan fingerprint density at radius 1 is 0.966 bits per heavy atom. The number of hydrogen-bond acceptors (Lipinski definition) is 4. The van der Waals surface area contributed by atoms with Gasteiger partial charge < -0.3 is 10.6 Å². The van der Waals surface area contributed by atoms with Crippen LogP contribution in [0, 0.1) is 11.6 Å². The zero-order valence-electron chi connectivity index (χ0n) is 15.4. The molecule has 0 bridgehead atoms. The molecule has 1 aromatic heterocycles. The van der Waals surface area contributed by atoms with E-state index in [1.54, 1.807) is 11.3 Å². The molecule has 0 saturated carbocycles. The SMILES string of the molecule is O=C1C[C@@H](c2cccs2)CC2=C1[C@H](c1cc(F)ccc1F)Nc1ccccc1N2. The first-order chi connectivity index (χ1) is 14.1. The van der Waals surface area contributed by atoms with E-state index in [4.69, 9.17) is 0 Å². The fraction of sp³-hybridized carbons (Fsp3) is 0.174. The van der Waals surface area contributed by atoms with Crippen molar-refractivity contribution in [2.75, 3.05) is 10.6 Å². The average Bonchev–Trinajstić information content (AvgIpc) is 3.19. The van der Waals surface area contributed by atoms with Gasteiger partial charge in [0.25, 0.3) is 0 Å². The van der Waals surface area contributed by atoms with E-state index in [9.17, 15) is 13.6 Å². The summed E-state index contributed by atoms with van der Waals surface area (Å²) < 4.78 is 28.6. The fourth-order valence-corrected chi connectivity index (χ4v) is 5.02. The van der Waals surface area contributed by atoms with Crippen molar-refractivity contribution in [3.8, 4) is 0 Å². The number of hydrogen-bond donors (Lipinski definition) is 2. The van der Waals surface area contributed by atoms with Crippen LogP contribution in [0.25, 0.3) is 0 Å². The zero-order valence-corrected chi connectivity index (χ0v) is 16.2. The number of carbonyl (C=O) groups excluding carboxylic acids is 1. The smallest absolute Gasteiger partial charge is 0.163 e. The molecule has 3 aromatic rings. The van der Waals surface area contributed by atoms with Gasteiger partial charge in [-0.3, -0.25) is 4.79 Å². The number of halogens is 2. The summed E-state index contributed by atoms with van der Waals surface area (Å²) in [5.41, 5.74) is 2.96. The molecule has 2 aromatic carbocycles. The highest BCUT2D eigenvalue weighted by Gasteiger charge is 2.37. The third-order valence-electron chi connectivity index (χ3n) is 5.52. The first-order valence-electron chi connectivity index (χ1n) is 9.47. The summed E-state index contributed by atoms with van der Waals surface area (Å²) in [6.45, 7) is 0.